The molecule has 0 aliphatic carbocycles. The van der Waals surface area contributed by atoms with E-state index in [0.29, 0.717) is 11.9 Å². The third kappa shape index (κ3) is 3.19. The second kappa shape index (κ2) is 5.79. The number of fused-ring (bicyclic) bond motifs is 1. The zero-order valence-electron chi connectivity index (χ0n) is 10.1. The first-order valence-electron chi connectivity index (χ1n) is 5.66. The van der Waals surface area contributed by atoms with Crippen molar-refractivity contribution in [2.45, 2.75) is 16.8 Å². The zero-order valence-corrected chi connectivity index (χ0v) is 11.7. The zero-order chi connectivity index (χ0) is 13.9. The van der Waals surface area contributed by atoms with Gasteiger partial charge in [0.1, 0.15) is 0 Å². The van der Waals surface area contributed by atoms with Crippen LogP contribution < -0.4 is 4.72 Å². The van der Waals surface area contributed by atoms with Crippen molar-refractivity contribution >= 4 is 31.6 Å². The van der Waals surface area contributed by atoms with Crippen molar-refractivity contribution in [3.63, 3.8) is 0 Å². The Bertz CT molecular complexity index is 646. The first kappa shape index (κ1) is 14.1. The van der Waals surface area contributed by atoms with Gasteiger partial charge in [-0.15, -0.1) is 17.9 Å². The van der Waals surface area contributed by atoms with E-state index in [1.807, 2.05) is 12.1 Å². The Hall–Kier alpha value is -1.28. The SMILES string of the molecule is C=CC[C@@H](CO)NS(=O)(=O)c1nc2ccccc2s1. The number of nitrogens with one attached hydrogen (secondary N) is 1. The number of aromatic nitrogens is 1. The van der Waals surface area contributed by atoms with E-state index in [1.54, 1.807) is 18.2 Å². The van der Waals surface area contributed by atoms with Crippen LogP contribution in [0.2, 0.25) is 0 Å². The molecule has 0 saturated heterocycles. The Morgan fingerprint density at radius 2 is 2.21 bits per heavy atom. The molecule has 0 bridgehead atoms. The van der Waals surface area contributed by atoms with Gasteiger partial charge in [-0.2, -0.15) is 0 Å². The molecule has 2 rings (SSSR count). The minimum Gasteiger partial charge on any atom is -0.395 e. The summed E-state index contributed by atoms with van der Waals surface area (Å²) in [7, 11) is -3.71. The number of aliphatic hydroxyl groups is 1. The molecule has 5 nitrogen and oxygen atoms in total. The van der Waals surface area contributed by atoms with Gasteiger partial charge in [-0.1, -0.05) is 18.2 Å². The third-order valence-electron chi connectivity index (χ3n) is 2.50. The van der Waals surface area contributed by atoms with Crippen LogP contribution in [0.25, 0.3) is 10.2 Å². The van der Waals surface area contributed by atoms with Gasteiger partial charge < -0.3 is 5.11 Å². The fraction of sp³-hybridized carbons (Fsp3) is 0.250. The smallest absolute Gasteiger partial charge is 0.268 e. The van der Waals surface area contributed by atoms with Crippen molar-refractivity contribution in [1.29, 1.82) is 0 Å². The number of sulfonamides is 1. The first-order chi connectivity index (χ1) is 9.06. The molecule has 102 valence electrons. The number of aliphatic hydroxyl groups excluding tert-OH is 1. The summed E-state index contributed by atoms with van der Waals surface area (Å²) in [5.74, 6) is 0. The highest BCUT2D eigenvalue weighted by molar-refractivity contribution is 7.91. The summed E-state index contributed by atoms with van der Waals surface area (Å²) in [6.07, 6.45) is 1.92. The maximum absolute atomic E-state index is 12.1. The van der Waals surface area contributed by atoms with Gasteiger partial charge in [-0.3, -0.25) is 0 Å². The van der Waals surface area contributed by atoms with Crippen LogP contribution in [-0.2, 0) is 10.0 Å². The summed E-state index contributed by atoms with van der Waals surface area (Å²) >= 11 is 1.11. The summed E-state index contributed by atoms with van der Waals surface area (Å²) < 4.78 is 27.5. The van der Waals surface area contributed by atoms with Crippen LogP contribution in [0.3, 0.4) is 0 Å². The highest BCUT2D eigenvalue weighted by Gasteiger charge is 2.22. The van der Waals surface area contributed by atoms with Crippen molar-refractivity contribution in [3.8, 4) is 0 Å². The van der Waals surface area contributed by atoms with Crippen LogP contribution in [0.15, 0.2) is 41.3 Å². The fourth-order valence-corrected chi connectivity index (χ4v) is 4.08. The second-order valence-corrected chi connectivity index (χ2v) is 6.89. The van der Waals surface area contributed by atoms with Gasteiger partial charge in [-0.05, 0) is 18.6 Å². The number of thiazole rings is 1. The van der Waals surface area contributed by atoms with Gasteiger partial charge in [0.15, 0.2) is 0 Å². The Morgan fingerprint density at radius 1 is 1.47 bits per heavy atom. The lowest BCUT2D eigenvalue weighted by molar-refractivity contribution is 0.257. The molecule has 0 radical (unpaired) electrons. The molecule has 0 unspecified atom stereocenters. The third-order valence-corrected chi connectivity index (χ3v) is 5.43. The van der Waals surface area contributed by atoms with E-state index < -0.39 is 16.1 Å². The summed E-state index contributed by atoms with van der Waals surface area (Å²) in [6, 6.07) is 6.64. The molecular weight excluding hydrogens is 284 g/mol. The molecular formula is C12H14N2O3S2. The van der Waals surface area contributed by atoms with Gasteiger partial charge >= 0.3 is 0 Å². The van der Waals surface area contributed by atoms with Crippen LogP contribution in [-0.4, -0.2) is 31.2 Å². The van der Waals surface area contributed by atoms with Crippen LogP contribution in [0, 0.1) is 0 Å². The average molecular weight is 298 g/mol. The van der Waals surface area contributed by atoms with Gasteiger partial charge in [0.25, 0.3) is 10.0 Å². The van der Waals surface area contributed by atoms with Crippen molar-refractivity contribution in [1.82, 2.24) is 9.71 Å². The number of nitrogens with zero attached hydrogens (tertiary/aromatic N) is 1. The Kier molecular flexibility index (Phi) is 4.31. The van der Waals surface area contributed by atoms with Gasteiger partial charge in [0.05, 0.1) is 16.8 Å². The van der Waals surface area contributed by atoms with E-state index in [1.165, 1.54) is 0 Å². The molecule has 1 aromatic heterocycles. The molecule has 0 aliphatic rings. The fourth-order valence-electron chi connectivity index (χ4n) is 1.60. The van der Waals surface area contributed by atoms with Crippen LogP contribution >= 0.6 is 11.3 Å². The molecule has 19 heavy (non-hydrogen) atoms. The number of hydrogen-bond donors (Lipinski definition) is 2. The summed E-state index contributed by atoms with van der Waals surface area (Å²) in [4.78, 5) is 4.09. The highest BCUT2D eigenvalue weighted by Crippen LogP contribution is 2.25. The summed E-state index contributed by atoms with van der Waals surface area (Å²) in [6.45, 7) is 3.25. The van der Waals surface area contributed by atoms with E-state index in [-0.39, 0.29) is 10.9 Å². The normalized spacial score (nSPS) is 13.5. The largest absolute Gasteiger partial charge is 0.395 e. The molecule has 0 fully saturated rings. The molecule has 1 aromatic carbocycles. The van der Waals surface area contributed by atoms with E-state index in [2.05, 4.69) is 16.3 Å². The van der Waals surface area contributed by atoms with E-state index in [0.717, 1.165) is 16.0 Å². The van der Waals surface area contributed by atoms with Crippen molar-refractivity contribution in [3.05, 3.63) is 36.9 Å². The molecule has 1 atom stereocenters. The number of hydrogen-bond acceptors (Lipinski definition) is 5. The molecule has 2 aromatic rings. The quantitative estimate of drug-likeness (QED) is 0.792. The molecule has 1 heterocycles. The van der Waals surface area contributed by atoms with Crippen molar-refractivity contribution in [2.75, 3.05) is 6.61 Å². The number of rotatable bonds is 6. The van der Waals surface area contributed by atoms with Crippen LogP contribution in [0.5, 0.6) is 0 Å². The molecule has 0 aliphatic heterocycles. The van der Waals surface area contributed by atoms with Gasteiger partial charge in [-0.25, -0.2) is 18.1 Å². The number of para-hydroxylation sites is 1. The highest BCUT2D eigenvalue weighted by atomic mass is 32.2. The monoisotopic (exact) mass is 298 g/mol. The minimum absolute atomic E-state index is 0.0104. The average Bonchev–Trinajstić information content (AvgIpc) is 2.82. The topological polar surface area (TPSA) is 79.3 Å². The molecule has 7 heteroatoms. The van der Waals surface area contributed by atoms with Crippen LogP contribution in [0.1, 0.15) is 6.42 Å². The second-order valence-electron chi connectivity index (χ2n) is 3.97. The Labute approximate surface area is 115 Å². The predicted octanol–water partition coefficient (Wildman–Crippen LogP) is 1.51. The molecule has 0 amide bonds. The molecule has 0 saturated carbocycles. The lowest BCUT2D eigenvalue weighted by Gasteiger charge is -2.12. The summed E-state index contributed by atoms with van der Waals surface area (Å²) in [5, 5.41) is 9.12. The number of benzene rings is 1. The standard InChI is InChI=1S/C12H14N2O3S2/c1-2-5-9(8-15)14-19(16,17)12-13-10-6-3-4-7-11(10)18-12/h2-4,6-7,9,14-15H,1,5,8H2/t9-/m0/s1. The van der Waals surface area contributed by atoms with E-state index in [9.17, 15) is 8.42 Å². The lowest BCUT2D eigenvalue weighted by Crippen LogP contribution is -2.37. The van der Waals surface area contributed by atoms with Gasteiger partial charge in [0.2, 0.25) is 4.34 Å². The maximum atomic E-state index is 12.1. The van der Waals surface area contributed by atoms with Crippen LogP contribution in [0.4, 0.5) is 0 Å². The summed E-state index contributed by atoms with van der Waals surface area (Å²) in [5.41, 5.74) is 0.650. The van der Waals surface area contributed by atoms with E-state index in [4.69, 9.17) is 5.11 Å². The predicted molar refractivity (Wildman–Crippen MR) is 75.6 cm³/mol. The Morgan fingerprint density at radius 3 is 2.84 bits per heavy atom. The first-order valence-corrected chi connectivity index (χ1v) is 7.96. The van der Waals surface area contributed by atoms with Gasteiger partial charge in [0, 0.05) is 6.04 Å². The lowest BCUT2D eigenvalue weighted by atomic mass is 10.2. The minimum atomic E-state index is -3.71. The van der Waals surface area contributed by atoms with Crippen molar-refractivity contribution in [2.24, 2.45) is 0 Å². The molecule has 0 spiro atoms. The molecule has 2 N–H and O–H groups in total. The maximum Gasteiger partial charge on any atom is 0.268 e. The van der Waals surface area contributed by atoms with Crippen molar-refractivity contribution < 1.29 is 13.5 Å². The Balaban J connectivity index is 2.30. The van der Waals surface area contributed by atoms with E-state index >= 15 is 0 Å².